The molecule has 1 heterocycles. The number of β-amino-alcohol motifs (C(OH)–C–C–N with tert-alkyl or cyclic N) is 1. The van der Waals surface area contributed by atoms with Gasteiger partial charge >= 0.3 is 0 Å². The Morgan fingerprint density at radius 1 is 1.40 bits per heavy atom. The molecule has 0 aliphatic carbocycles. The molecule has 1 saturated heterocycles. The van der Waals surface area contributed by atoms with E-state index in [-0.39, 0.29) is 11.3 Å². The maximum Gasteiger partial charge on any atom is 0.220 e. The van der Waals surface area contributed by atoms with Gasteiger partial charge in [0.2, 0.25) is 5.91 Å². The van der Waals surface area contributed by atoms with Crippen molar-refractivity contribution in [3.05, 3.63) is 35.9 Å². The lowest BCUT2D eigenvalue weighted by Gasteiger charge is -2.26. The first-order valence-corrected chi connectivity index (χ1v) is 7.17. The summed E-state index contributed by atoms with van der Waals surface area (Å²) in [6.45, 7) is 5.81. The number of hydrogen-bond donors (Lipinski definition) is 3. The summed E-state index contributed by atoms with van der Waals surface area (Å²) in [5, 5.41) is 16.1. The molecule has 2 rings (SSSR count). The zero-order valence-electron chi connectivity index (χ0n) is 12.3. The molecule has 0 aromatic heterocycles. The zero-order chi connectivity index (χ0) is 14.6. The van der Waals surface area contributed by atoms with Gasteiger partial charge in [-0.05, 0) is 23.9 Å². The number of rotatable bonds is 5. The van der Waals surface area contributed by atoms with E-state index in [1.807, 2.05) is 30.3 Å². The van der Waals surface area contributed by atoms with E-state index in [1.54, 1.807) is 0 Å². The van der Waals surface area contributed by atoms with Gasteiger partial charge in [0.15, 0.2) is 0 Å². The summed E-state index contributed by atoms with van der Waals surface area (Å²) in [7, 11) is 0. The van der Waals surface area contributed by atoms with Crippen molar-refractivity contribution in [2.75, 3.05) is 19.6 Å². The van der Waals surface area contributed by atoms with E-state index >= 15 is 0 Å². The van der Waals surface area contributed by atoms with Crippen LogP contribution in [0.2, 0.25) is 0 Å². The Balaban J connectivity index is 1.87. The molecule has 0 spiro atoms. The lowest BCUT2D eigenvalue weighted by molar-refractivity contribution is -0.123. The molecule has 4 heteroatoms. The molecule has 1 aromatic rings. The van der Waals surface area contributed by atoms with Crippen LogP contribution in [0.5, 0.6) is 0 Å². The standard InChI is InChI=1S/C16H24N2O2/c1-15(2,13-6-4-3-5-7-13)10-14(19)18-12-16(20)8-9-17-11-16/h3-7,17,20H,8-12H2,1-2H3,(H,18,19)/t16-/m1/s1. The molecule has 3 N–H and O–H groups in total. The van der Waals surface area contributed by atoms with Crippen LogP contribution in [-0.4, -0.2) is 36.2 Å². The van der Waals surface area contributed by atoms with Crippen molar-refractivity contribution < 1.29 is 9.90 Å². The van der Waals surface area contributed by atoms with Crippen LogP contribution in [0.15, 0.2) is 30.3 Å². The first kappa shape index (κ1) is 15.0. The lowest BCUT2D eigenvalue weighted by atomic mass is 9.81. The minimum atomic E-state index is -0.785. The molecule has 1 aromatic carbocycles. The minimum absolute atomic E-state index is 0.0146. The number of benzene rings is 1. The Kier molecular flexibility index (Phi) is 4.45. The van der Waals surface area contributed by atoms with Gasteiger partial charge in [-0.25, -0.2) is 0 Å². The van der Waals surface area contributed by atoms with Gasteiger partial charge in [0.1, 0.15) is 0 Å². The topological polar surface area (TPSA) is 61.4 Å². The molecule has 0 unspecified atom stereocenters. The van der Waals surface area contributed by atoms with Crippen LogP contribution in [0.1, 0.15) is 32.3 Å². The summed E-state index contributed by atoms with van der Waals surface area (Å²) >= 11 is 0. The average Bonchev–Trinajstić information content (AvgIpc) is 2.85. The van der Waals surface area contributed by atoms with Gasteiger partial charge in [0.05, 0.1) is 5.60 Å². The number of nitrogens with one attached hydrogen (secondary N) is 2. The zero-order valence-corrected chi connectivity index (χ0v) is 12.3. The fraction of sp³-hybridized carbons (Fsp3) is 0.562. The predicted molar refractivity (Wildman–Crippen MR) is 79.5 cm³/mol. The number of hydrogen-bond acceptors (Lipinski definition) is 3. The van der Waals surface area contributed by atoms with E-state index in [4.69, 9.17) is 0 Å². The minimum Gasteiger partial charge on any atom is -0.387 e. The molecule has 0 saturated carbocycles. The third kappa shape index (κ3) is 3.81. The molecule has 4 nitrogen and oxygen atoms in total. The summed E-state index contributed by atoms with van der Waals surface area (Å²) in [5.41, 5.74) is 0.158. The largest absolute Gasteiger partial charge is 0.387 e. The Morgan fingerprint density at radius 2 is 2.10 bits per heavy atom. The molecular formula is C16H24N2O2. The fourth-order valence-electron chi connectivity index (χ4n) is 2.60. The number of carbonyl (C=O) groups excluding carboxylic acids is 1. The van der Waals surface area contributed by atoms with Crippen LogP contribution in [-0.2, 0) is 10.2 Å². The highest BCUT2D eigenvalue weighted by Gasteiger charge is 2.32. The SMILES string of the molecule is CC(C)(CC(=O)NC[C@@]1(O)CCNC1)c1ccccc1. The van der Waals surface area contributed by atoms with Crippen molar-refractivity contribution in [2.24, 2.45) is 0 Å². The van der Waals surface area contributed by atoms with Crippen molar-refractivity contribution >= 4 is 5.91 Å². The van der Waals surface area contributed by atoms with E-state index in [0.29, 0.717) is 25.9 Å². The van der Waals surface area contributed by atoms with Crippen molar-refractivity contribution in [1.29, 1.82) is 0 Å². The van der Waals surface area contributed by atoms with Crippen molar-refractivity contribution in [3.8, 4) is 0 Å². The van der Waals surface area contributed by atoms with Gasteiger partial charge in [-0.2, -0.15) is 0 Å². The second-order valence-electron chi connectivity index (χ2n) is 6.35. The Bertz CT molecular complexity index is 451. The first-order valence-electron chi connectivity index (χ1n) is 7.17. The van der Waals surface area contributed by atoms with Crippen LogP contribution in [0, 0.1) is 0 Å². The number of carbonyl (C=O) groups is 1. The maximum atomic E-state index is 12.1. The predicted octanol–water partition coefficient (Wildman–Crippen LogP) is 1.19. The third-order valence-corrected chi connectivity index (χ3v) is 3.99. The molecule has 0 bridgehead atoms. The quantitative estimate of drug-likeness (QED) is 0.757. The normalized spacial score (nSPS) is 22.8. The van der Waals surface area contributed by atoms with Crippen molar-refractivity contribution in [2.45, 2.75) is 37.7 Å². The van der Waals surface area contributed by atoms with Crippen LogP contribution in [0.25, 0.3) is 0 Å². The van der Waals surface area contributed by atoms with E-state index in [9.17, 15) is 9.90 Å². The van der Waals surface area contributed by atoms with Crippen molar-refractivity contribution in [1.82, 2.24) is 10.6 Å². The summed E-state index contributed by atoms with van der Waals surface area (Å²) in [6.07, 6.45) is 1.11. The van der Waals surface area contributed by atoms with Crippen LogP contribution < -0.4 is 10.6 Å². The Hall–Kier alpha value is -1.39. The second-order valence-corrected chi connectivity index (χ2v) is 6.35. The molecule has 0 radical (unpaired) electrons. The van der Waals surface area contributed by atoms with Gasteiger partial charge in [0, 0.05) is 19.5 Å². The first-order chi connectivity index (χ1) is 9.41. The van der Waals surface area contributed by atoms with E-state index < -0.39 is 5.60 Å². The molecular weight excluding hydrogens is 252 g/mol. The number of aliphatic hydroxyl groups is 1. The third-order valence-electron chi connectivity index (χ3n) is 3.99. The van der Waals surface area contributed by atoms with E-state index in [0.717, 1.165) is 12.1 Å². The Morgan fingerprint density at radius 3 is 2.70 bits per heavy atom. The van der Waals surface area contributed by atoms with E-state index in [1.165, 1.54) is 0 Å². The maximum absolute atomic E-state index is 12.1. The van der Waals surface area contributed by atoms with Gasteiger partial charge in [-0.3, -0.25) is 4.79 Å². The highest BCUT2D eigenvalue weighted by molar-refractivity contribution is 5.77. The van der Waals surface area contributed by atoms with E-state index in [2.05, 4.69) is 24.5 Å². The number of amides is 1. The molecule has 1 fully saturated rings. The average molecular weight is 276 g/mol. The molecule has 1 aliphatic rings. The molecule has 20 heavy (non-hydrogen) atoms. The molecule has 1 atom stereocenters. The smallest absolute Gasteiger partial charge is 0.220 e. The van der Waals surface area contributed by atoms with Crippen LogP contribution in [0.3, 0.4) is 0 Å². The molecule has 1 aliphatic heterocycles. The van der Waals surface area contributed by atoms with Gasteiger partial charge in [-0.15, -0.1) is 0 Å². The van der Waals surface area contributed by atoms with Gasteiger partial charge < -0.3 is 15.7 Å². The summed E-state index contributed by atoms with van der Waals surface area (Å²) in [4.78, 5) is 12.1. The monoisotopic (exact) mass is 276 g/mol. The molecule has 1 amide bonds. The summed E-state index contributed by atoms with van der Waals surface area (Å²) in [5.74, 6) is -0.0146. The van der Waals surface area contributed by atoms with Crippen LogP contribution >= 0.6 is 0 Å². The summed E-state index contributed by atoms with van der Waals surface area (Å²) < 4.78 is 0. The van der Waals surface area contributed by atoms with Crippen LogP contribution in [0.4, 0.5) is 0 Å². The molecule has 110 valence electrons. The highest BCUT2D eigenvalue weighted by atomic mass is 16.3. The Labute approximate surface area is 120 Å². The van der Waals surface area contributed by atoms with Gasteiger partial charge in [-0.1, -0.05) is 44.2 Å². The second kappa shape index (κ2) is 5.94. The highest BCUT2D eigenvalue weighted by Crippen LogP contribution is 2.26. The van der Waals surface area contributed by atoms with Crippen molar-refractivity contribution in [3.63, 3.8) is 0 Å². The lowest BCUT2D eigenvalue weighted by Crippen LogP contribution is -2.45. The fourth-order valence-corrected chi connectivity index (χ4v) is 2.60. The summed E-state index contributed by atoms with van der Waals surface area (Å²) in [6, 6.07) is 10.0. The van der Waals surface area contributed by atoms with Gasteiger partial charge in [0.25, 0.3) is 0 Å².